The third-order valence-corrected chi connectivity index (χ3v) is 2.82. The number of amides is 1. The molecule has 0 aliphatic heterocycles. The van der Waals surface area contributed by atoms with Crippen LogP contribution >= 0.6 is 0 Å². The minimum Gasteiger partial charge on any atom is -0.354 e. The summed E-state index contributed by atoms with van der Waals surface area (Å²) >= 11 is 0. The number of imidazole rings is 1. The number of aromatic nitrogens is 2. The van der Waals surface area contributed by atoms with Crippen molar-refractivity contribution in [2.24, 2.45) is 0 Å². The number of nitro groups is 1. The van der Waals surface area contributed by atoms with Crippen LogP contribution in [0.25, 0.3) is 5.69 Å². The van der Waals surface area contributed by atoms with Crippen LogP contribution in [0.15, 0.2) is 30.6 Å². The summed E-state index contributed by atoms with van der Waals surface area (Å²) in [6.45, 7) is 0. The van der Waals surface area contributed by atoms with Gasteiger partial charge in [0, 0.05) is 24.9 Å². The molecule has 0 aliphatic rings. The van der Waals surface area contributed by atoms with Crippen molar-refractivity contribution in [2.45, 2.75) is 6.18 Å². The highest BCUT2D eigenvalue weighted by Gasteiger charge is 2.40. The lowest BCUT2D eigenvalue weighted by molar-refractivity contribution is -0.384. The summed E-state index contributed by atoms with van der Waals surface area (Å²) in [6, 6.07) is 4.41. The van der Waals surface area contributed by atoms with Crippen molar-refractivity contribution in [1.29, 1.82) is 0 Å². The molecule has 2 aromatic rings. The van der Waals surface area contributed by atoms with Gasteiger partial charge in [-0.15, -0.1) is 0 Å². The number of hydrogen-bond donors (Lipinski definition) is 1. The topological polar surface area (TPSA) is 90.1 Å². The third-order valence-electron chi connectivity index (χ3n) is 2.82. The maximum absolute atomic E-state index is 13.2. The van der Waals surface area contributed by atoms with Gasteiger partial charge in [0.2, 0.25) is 0 Å². The molecule has 1 aromatic heterocycles. The second-order valence-electron chi connectivity index (χ2n) is 4.16. The molecule has 7 nitrogen and oxygen atoms in total. The van der Waals surface area contributed by atoms with Crippen LogP contribution in [0.2, 0.25) is 0 Å². The molecule has 1 N–H and O–H groups in total. The molecular formula is C12H9F3N4O3. The molecule has 0 saturated carbocycles. The highest BCUT2D eigenvalue weighted by molar-refractivity contribution is 5.93. The Morgan fingerprint density at radius 3 is 2.36 bits per heavy atom. The zero-order valence-electron chi connectivity index (χ0n) is 11.1. The van der Waals surface area contributed by atoms with Crippen molar-refractivity contribution in [1.82, 2.24) is 14.9 Å². The van der Waals surface area contributed by atoms with Gasteiger partial charge < -0.3 is 5.32 Å². The summed E-state index contributed by atoms with van der Waals surface area (Å²) in [7, 11) is 1.19. The number of non-ortho nitro benzene ring substituents is 1. The minimum absolute atomic E-state index is 0.000535. The van der Waals surface area contributed by atoms with Gasteiger partial charge >= 0.3 is 6.18 Å². The lowest BCUT2D eigenvalue weighted by atomic mass is 10.2. The molecule has 1 heterocycles. The number of rotatable bonds is 3. The van der Waals surface area contributed by atoms with Gasteiger partial charge in [0.25, 0.3) is 11.6 Å². The first kappa shape index (κ1) is 15.5. The van der Waals surface area contributed by atoms with Gasteiger partial charge in [-0.05, 0) is 12.1 Å². The van der Waals surface area contributed by atoms with Crippen LogP contribution in [0.3, 0.4) is 0 Å². The van der Waals surface area contributed by atoms with E-state index in [-0.39, 0.29) is 11.4 Å². The van der Waals surface area contributed by atoms with Gasteiger partial charge in [-0.3, -0.25) is 19.5 Å². The lowest BCUT2D eigenvalue weighted by Crippen LogP contribution is -2.24. The molecule has 10 heteroatoms. The van der Waals surface area contributed by atoms with Crippen LogP contribution in [-0.4, -0.2) is 27.4 Å². The summed E-state index contributed by atoms with van der Waals surface area (Å²) in [4.78, 5) is 24.9. The maximum atomic E-state index is 13.2. The van der Waals surface area contributed by atoms with E-state index in [0.29, 0.717) is 4.57 Å². The van der Waals surface area contributed by atoms with Crippen molar-refractivity contribution in [3.05, 3.63) is 52.1 Å². The number of alkyl halides is 3. The van der Waals surface area contributed by atoms with Gasteiger partial charge in [-0.2, -0.15) is 13.2 Å². The number of carbonyl (C=O) groups excluding carboxylic acids is 1. The van der Waals surface area contributed by atoms with Crippen LogP contribution < -0.4 is 5.32 Å². The van der Waals surface area contributed by atoms with Crippen LogP contribution in [-0.2, 0) is 6.18 Å². The van der Waals surface area contributed by atoms with E-state index in [1.807, 2.05) is 0 Å². The number of halogens is 3. The van der Waals surface area contributed by atoms with E-state index in [2.05, 4.69) is 10.3 Å². The number of nitrogens with one attached hydrogen (secondary N) is 1. The number of nitro benzene ring substituents is 1. The molecule has 0 atom stereocenters. The standard InChI is InChI=1S/C12H9F3N4O3/c1-16-11(20)9-10(12(13,14)15)18(6-17-9)7-2-4-8(5-3-7)19(21)22/h2-6H,1H3,(H,16,20). The highest BCUT2D eigenvalue weighted by Crippen LogP contribution is 2.33. The Morgan fingerprint density at radius 1 is 1.32 bits per heavy atom. The summed E-state index contributed by atoms with van der Waals surface area (Å²) in [5, 5.41) is 12.6. The predicted octanol–water partition coefficient (Wildman–Crippen LogP) is 2.16. The van der Waals surface area contributed by atoms with E-state index < -0.39 is 28.4 Å². The molecule has 0 saturated heterocycles. The fraction of sp³-hybridized carbons (Fsp3) is 0.167. The number of nitrogens with zero attached hydrogens (tertiary/aromatic N) is 3. The Labute approximate surface area is 121 Å². The molecule has 2 rings (SSSR count). The molecular weight excluding hydrogens is 305 g/mol. The van der Waals surface area contributed by atoms with Crippen molar-refractivity contribution < 1.29 is 22.9 Å². The number of carbonyl (C=O) groups is 1. The molecule has 0 spiro atoms. The van der Waals surface area contributed by atoms with E-state index in [1.165, 1.54) is 7.05 Å². The minimum atomic E-state index is -4.82. The molecule has 0 bridgehead atoms. The maximum Gasteiger partial charge on any atom is 0.434 e. The normalized spacial score (nSPS) is 11.3. The van der Waals surface area contributed by atoms with Gasteiger partial charge in [0.1, 0.15) is 6.33 Å². The lowest BCUT2D eigenvalue weighted by Gasteiger charge is -2.12. The van der Waals surface area contributed by atoms with E-state index in [4.69, 9.17) is 0 Å². The van der Waals surface area contributed by atoms with Crippen LogP contribution in [0, 0.1) is 10.1 Å². The predicted molar refractivity (Wildman–Crippen MR) is 68.6 cm³/mol. The zero-order valence-corrected chi connectivity index (χ0v) is 11.1. The first-order valence-electron chi connectivity index (χ1n) is 5.87. The summed E-state index contributed by atoms with van der Waals surface area (Å²) in [5.74, 6) is -0.979. The summed E-state index contributed by atoms with van der Waals surface area (Å²) < 4.78 is 40.2. The van der Waals surface area contributed by atoms with Crippen molar-refractivity contribution in [2.75, 3.05) is 7.05 Å². The van der Waals surface area contributed by atoms with Crippen molar-refractivity contribution in [3.63, 3.8) is 0 Å². The molecule has 0 unspecified atom stereocenters. The monoisotopic (exact) mass is 314 g/mol. The molecule has 1 aromatic carbocycles. The van der Waals surface area contributed by atoms with Gasteiger partial charge in [0.05, 0.1) is 4.92 Å². The van der Waals surface area contributed by atoms with Gasteiger partial charge in [-0.1, -0.05) is 0 Å². The first-order valence-corrected chi connectivity index (χ1v) is 5.87. The van der Waals surface area contributed by atoms with E-state index in [0.717, 1.165) is 30.6 Å². The Hall–Kier alpha value is -2.91. The van der Waals surface area contributed by atoms with E-state index in [1.54, 1.807) is 0 Å². The SMILES string of the molecule is CNC(=O)c1ncn(-c2ccc([N+](=O)[O-])cc2)c1C(F)(F)F. The Morgan fingerprint density at radius 2 is 1.91 bits per heavy atom. The average Bonchev–Trinajstić information content (AvgIpc) is 2.91. The number of hydrogen-bond acceptors (Lipinski definition) is 4. The van der Waals surface area contributed by atoms with Crippen LogP contribution in [0.1, 0.15) is 16.2 Å². The van der Waals surface area contributed by atoms with E-state index >= 15 is 0 Å². The largest absolute Gasteiger partial charge is 0.434 e. The quantitative estimate of drug-likeness (QED) is 0.694. The Balaban J connectivity index is 2.58. The molecule has 116 valence electrons. The fourth-order valence-electron chi connectivity index (χ4n) is 1.83. The average molecular weight is 314 g/mol. The van der Waals surface area contributed by atoms with Gasteiger partial charge in [-0.25, -0.2) is 4.98 Å². The van der Waals surface area contributed by atoms with Gasteiger partial charge in [0.15, 0.2) is 11.4 Å². The Bertz CT molecular complexity index is 722. The second-order valence-corrected chi connectivity index (χ2v) is 4.16. The molecule has 22 heavy (non-hydrogen) atoms. The summed E-state index contributed by atoms with van der Waals surface area (Å²) in [5.41, 5.74) is -2.28. The van der Waals surface area contributed by atoms with Crippen molar-refractivity contribution in [3.8, 4) is 5.69 Å². The molecule has 1 amide bonds. The number of benzene rings is 1. The first-order chi connectivity index (χ1) is 10.3. The smallest absolute Gasteiger partial charge is 0.354 e. The third kappa shape index (κ3) is 2.75. The fourth-order valence-corrected chi connectivity index (χ4v) is 1.83. The zero-order chi connectivity index (χ0) is 16.5. The van der Waals surface area contributed by atoms with Crippen LogP contribution in [0.5, 0.6) is 0 Å². The Kier molecular flexibility index (Phi) is 3.85. The highest BCUT2D eigenvalue weighted by atomic mass is 19.4. The molecule has 0 radical (unpaired) electrons. The molecule has 0 aliphatic carbocycles. The van der Waals surface area contributed by atoms with Crippen molar-refractivity contribution >= 4 is 11.6 Å². The second kappa shape index (κ2) is 5.47. The van der Waals surface area contributed by atoms with E-state index in [9.17, 15) is 28.1 Å². The summed E-state index contributed by atoms with van der Waals surface area (Å²) in [6.07, 6.45) is -3.98. The molecule has 0 fully saturated rings. The van der Waals surface area contributed by atoms with Crippen LogP contribution in [0.4, 0.5) is 18.9 Å².